The number of ether oxygens (including phenoxy) is 1. The lowest BCUT2D eigenvalue weighted by atomic mass is 10.2. The molecule has 1 amide bonds. The van der Waals surface area contributed by atoms with Gasteiger partial charge in [-0.05, 0) is 44.5 Å². The average Bonchev–Trinajstić information content (AvgIpc) is 2.81. The topological polar surface area (TPSA) is 76.1 Å². The summed E-state index contributed by atoms with van der Waals surface area (Å²) in [5.74, 6) is 1.99. The molecule has 0 aliphatic heterocycles. The van der Waals surface area contributed by atoms with E-state index in [1.807, 2.05) is 19.1 Å². The predicted octanol–water partition coefficient (Wildman–Crippen LogP) is 4.33. The molecule has 0 fully saturated rings. The molecule has 0 aliphatic rings. The molecule has 3 aromatic rings. The van der Waals surface area contributed by atoms with Crippen molar-refractivity contribution < 1.29 is 9.53 Å². The molecule has 3 rings (SSSR count). The van der Waals surface area contributed by atoms with Crippen molar-refractivity contribution in [2.45, 2.75) is 27.7 Å². The minimum Gasteiger partial charge on any atom is -0.495 e. The summed E-state index contributed by atoms with van der Waals surface area (Å²) in [7, 11) is 1.61. The molecule has 130 valence electrons. The Balaban J connectivity index is 2.10. The van der Waals surface area contributed by atoms with Crippen LogP contribution >= 0.6 is 11.3 Å². The first kappa shape index (κ1) is 17.2. The van der Waals surface area contributed by atoms with Crippen LogP contribution in [0.2, 0.25) is 0 Å². The van der Waals surface area contributed by atoms with Gasteiger partial charge in [0, 0.05) is 17.5 Å². The molecule has 0 aliphatic carbocycles. The van der Waals surface area contributed by atoms with Crippen molar-refractivity contribution in [3.05, 3.63) is 34.5 Å². The Morgan fingerprint density at radius 2 is 1.96 bits per heavy atom. The van der Waals surface area contributed by atoms with Gasteiger partial charge in [-0.3, -0.25) is 4.79 Å². The van der Waals surface area contributed by atoms with Crippen LogP contribution in [0.25, 0.3) is 10.2 Å². The van der Waals surface area contributed by atoms with E-state index in [0.29, 0.717) is 17.3 Å². The number of carbonyl (C=O) groups is 1. The second kappa shape index (κ2) is 6.68. The molecule has 0 saturated heterocycles. The van der Waals surface area contributed by atoms with Gasteiger partial charge in [-0.2, -0.15) is 0 Å². The fourth-order valence-electron chi connectivity index (χ4n) is 2.66. The maximum Gasteiger partial charge on any atom is 0.221 e. The summed E-state index contributed by atoms with van der Waals surface area (Å²) in [4.78, 5) is 22.6. The molecule has 0 spiro atoms. The number of amides is 1. The third-order valence-electron chi connectivity index (χ3n) is 3.91. The molecule has 2 N–H and O–H groups in total. The number of fused-ring (bicyclic) bond motifs is 1. The number of nitrogens with one attached hydrogen (secondary N) is 2. The summed E-state index contributed by atoms with van der Waals surface area (Å²) in [6, 6.07) is 5.44. The van der Waals surface area contributed by atoms with Gasteiger partial charge < -0.3 is 15.4 Å². The second-order valence-corrected chi connectivity index (χ2v) is 7.01. The van der Waals surface area contributed by atoms with Crippen LogP contribution in [0.5, 0.6) is 5.75 Å². The van der Waals surface area contributed by atoms with Crippen LogP contribution in [0.3, 0.4) is 0 Å². The first-order valence-corrected chi connectivity index (χ1v) is 8.67. The van der Waals surface area contributed by atoms with Crippen LogP contribution < -0.4 is 15.4 Å². The van der Waals surface area contributed by atoms with Crippen LogP contribution in [0.4, 0.5) is 17.2 Å². The lowest BCUT2D eigenvalue weighted by molar-refractivity contribution is -0.114. The average molecular weight is 356 g/mol. The van der Waals surface area contributed by atoms with Crippen molar-refractivity contribution in [1.82, 2.24) is 9.97 Å². The van der Waals surface area contributed by atoms with E-state index in [1.165, 1.54) is 17.4 Å². The second-order valence-electron chi connectivity index (χ2n) is 5.80. The van der Waals surface area contributed by atoms with Crippen LogP contribution in [-0.4, -0.2) is 23.0 Å². The van der Waals surface area contributed by atoms with Crippen LogP contribution in [0, 0.1) is 20.8 Å². The Hall–Kier alpha value is -2.67. The third kappa shape index (κ3) is 3.41. The van der Waals surface area contributed by atoms with E-state index in [1.54, 1.807) is 24.5 Å². The van der Waals surface area contributed by atoms with Crippen molar-refractivity contribution in [1.29, 1.82) is 0 Å². The molecular weight excluding hydrogens is 336 g/mol. The number of thiophene rings is 1. The van der Waals surface area contributed by atoms with Gasteiger partial charge in [-0.25, -0.2) is 9.97 Å². The number of hydrogen-bond donors (Lipinski definition) is 2. The Morgan fingerprint density at radius 3 is 2.64 bits per heavy atom. The largest absolute Gasteiger partial charge is 0.495 e. The smallest absolute Gasteiger partial charge is 0.221 e. The predicted molar refractivity (Wildman–Crippen MR) is 102 cm³/mol. The van der Waals surface area contributed by atoms with Gasteiger partial charge in [0.2, 0.25) is 5.91 Å². The van der Waals surface area contributed by atoms with Gasteiger partial charge in [-0.1, -0.05) is 0 Å². The lowest BCUT2D eigenvalue weighted by Crippen LogP contribution is -2.06. The molecule has 2 heterocycles. The van der Waals surface area contributed by atoms with E-state index in [9.17, 15) is 4.79 Å². The van der Waals surface area contributed by atoms with E-state index >= 15 is 0 Å². The SMILES string of the molecule is COc1ccc(NC(C)=O)cc1Nc1nc(C)nc2sc(C)c(C)c12. The summed E-state index contributed by atoms with van der Waals surface area (Å²) in [5, 5.41) is 7.15. The zero-order valence-electron chi connectivity index (χ0n) is 14.9. The Kier molecular flexibility index (Phi) is 4.59. The highest BCUT2D eigenvalue weighted by Crippen LogP contribution is 2.37. The summed E-state index contributed by atoms with van der Waals surface area (Å²) in [6.07, 6.45) is 0. The third-order valence-corrected chi connectivity index (χ3v) is 5.01. The normalized spacial score (nSPS) is 10.8. The number of rotatable bonds is 4. The fraction of sp³-hybridized carbons (Fsp3) is 0.278. The zero-order valence-corrected chi connectivity index (χ0v) is 15.7. The number of hydrogen-bond acceptors (Lipinski definition) is 6. The Bertz CT molecular complexity index is 965. The molecule has 2 aromatic heterocycles. The van der Waals surface area contributed by atoms with Crippen molar-refractivity contribution in [2.24, 2.45) is 0 Å². The minimum atomic E-state index is -0.124. The molecule has 0 bridgehead atoms. The molecule has 25 heavy (non-hydrogen) atoms. The van der Waals surface area contributed by atoms with E-state index in [2.05, 4.69) is 34.4 Å². The van der Waals surface area contributed by atoms with Crippen LogP contribution in [-0.2, 0) is 4.79 Å². The van der Waals surface area contributed by atoms with Gasteiger partial charge >= 0.3 is 0 Å². The van der Waals surface area contributed by atoms with Crippen LogP contribution in [0.1, 0.15) is 23.2 Å². The molecular formula is C18H20N4O2S. The highest BCUT2D eigenvalue weighted by molar-refractivity contribution is 7.18. The number of nitrogens with zero attached hydrogens (tertiary/aromatic N) is 2. The molecule has 0 atom stereocenters. The first-order valence-electron chi connectivity index (χ1n) is 7.86. The molecule has 7 heteroatoms. The molecule has 0 saturated carbocycles. The minimum absolute atomic E-state index is 0.124. The zero-order chi connectivity index (χ0) is 18.1. The standard InChI is InChI=1S/C18H20N4O2S/c1-9-10(2)25-18-16(9)17(19-11(3)20-18)22-14-8-13(21-12(4)23)6-7-15(14)24-5/h6-8H,1-5H3,(H,21,23)(H,19,20,22). The van der Waals surface area contributed by atoms with E-state index in [4.69, 9.17) is 4.74 Å². The van der Waals surface area contributed by atoms with E-state index < -0.39 is 0 Å². The van der Waals surface area contributed by atoms with Gasteiger partial charge in [0.05, 0.1) is 18.2 Å². The van der Waals surface area contributed by atoms with Crippen molar-refractivity contribution in [2.75, 3.05) is 17.7 Å². The highest BCUT2D eigenvalue weighted by atomic mass is 32.1. The summed E-state index contributed by atoms with van der Waals surface area (Å²) >= 11 is 1.66. The maximum atomic E-state index is 11.3. The number of benzene rings is 1. The number of carbonyl (C=O) groups excluding carboxylic acids is 1. The lowest BCUT2D eigenvalue weighted by Gasteiger charge is -2.14. The monoisotopic (exact) mass is 356 g/mol. The molecule has 1 aromatic carbocycles. The van der Waals surface area contributed by atoms with Crippen molar-refractivity contribution >= 4 is 44.7 Å². The fourth-order valence-corrected chi connectivity index (χ4v) is 3.74. The molecule has 0 radical (unpaired) electrons. The van der Waals surface area contributed by atoms with Gasteiger partial charge in [-0.15, -0.1) is 11.3 Å². The number of aromatic nitrogens is 2. The number of methoxy groups -OCH3 is 1. The maximum absolute atomic E-state index is 11.3. The quantitative estimate of drug-likeness (QED) is 0.728. The summed E-state index contributed by atoms with van der Waals surface area (Å²) in [6.45, 7) is 7.51. The van der Waals surface area contributed by atoms with Gasteiger partial charge in [0.25, 0.3) is 0 Å². The van der Waals surface area contributed by atoms with E-state index in [0.717, 1.165) is 21.7 Å². The van der Waals surface area contributed by atoms with Crippen molar-refractivity contribution in [3.8, 4) is 5.75 Å². The van der Waals surface area contributed by atoms with Crippen molar-refractivity contribution in [3.63, 3.8) is 0 Å². The van der Waals surface area contributed by atoms with Gasteiger partial charge in [0.15, 0.2) is 0 Å². The van der Waals surface area contributed by atoms with Gasteiger partial charge in [0.1, 0.15) is 22.2 Å². The number of anilines is 3. The highest BCUT2D eigenvalue weighted by Gasteiger charge is 2.15. The molecule has 0 unspecified atom stereocenters. The summed E-state index contributed by atoms with van der Waals surface area (Å²) in [5.41, 5.74) is 2.59. The summed E-state index contributed by atoms with van der Waals surface area (Å²) < 4.78 is 5.44. The first-order chi connectivity index (χ1) is 11.9. The van der Waals surface area contributed by atoms with Crippen LogP contribution in [0.15, 0.2) is 18.2 Å². The Morgan fingerprint density at radius 1 is 1.20 bits per heavy atom. The molecule has 6 nitrogen and oxygen atoms in total. The van der Waals surface area contributed by atoms with E-state index in [-0.39, 0.29) is 5.91 Å². The Labute approximate surface area is 150 Å². The number of aryl methyl sites for hydroxylation is 3.